The maximum atomic E-state index is 14.2. The molecule has 2 aliphatic rings. The van der Waals surface area contributed by atoms with E-state index in [0.29, 0.717) is 36.1 Å². The maximum absolute atomic E-state index is 14.2. The number of ether oxygens (including phenoxy) is 1. The number of aromatic nitrogens is 4. The molecule has 2 aromatic heterocycles. The second-order valence-electron chi connectivity index (χ2n) is 9.57. The predicted molar refractivity (Wildman–Crippen MR) is 128 cm³/mol. The first-order valence-corrected chi connectivity index (χ1v) is 12.4. The average molecular weight is 535 g/mol. The lowest BCUT2D eigenvalue weighted by Gasteiger charge is -2.41. The van der Waals surface area contributed by atoms with Crippen LogP contribution >= 0.6 is 0 Å². The summed E-state index contributed by atoms with van der Waals surface area (Å²) >= 11 is 0. The third-order valence-corrected chi connectivity index (χ3v) is 7.15. The van der Waals surface area contributed by atoms with Crippen LogP contribution in [0.5, 0.6) is 0 Å². The number of carbonyl (C=O) groups is 2. The van der Waals surface area contributed by atoms with Crippen molar-refractivity contribution in [2.75, 3.05) is 31.1 Å². The van der Waals surface area contributed by atoms with Crippen LogP contribution in [0.2, 0.25) is 0 Å². The molecule has 9 nitrogen and oxygen atoms in total. The molecule has 1 aromatic carbocycles. The quantitative estimate of drug-likeness (QED) is 0.373. The second kappa shape index (κ2) is 9.84. The Bertz CT molecular complexity index is 1390. The van der Waals surface area contributed by atoms with E-state index in [0.717, 1.165) is 4.57 Å². The Morgan fingerprint density at radius 2 is 1.95 bits per heavy atom. The Hall–Kier alpha value is -3.77. The van der Waals surface area contributed by atoms with E-state index in [1.54, 1.807) is 13.0 Å². The summed E-state index contributed by atoms with van der Waals surface area (Å²) in [6.45, 7) is 4.63. The van der Waals surface area contributed by atoms with Crippen LogP contribution in [-0.4, -0.2) is 62.8 Å². The Labute approximate surface area is 215 Å². The molecular formula is C25H26F4N6O3. The molecule has 2 aliphatic heterocycles. The van der Waals surface area contributed by atoms with E-state index in [2.05, 4.69) is 15.2 Å². The number of rotatable bonds is 4. The first-order chi connectivity index (χ1) is 18.1. The number of amides is 1. The molecular weight excluding hydrogens is 508 g/mol. The number of benzene rings is 1. The van der Waals surface area contributed by atoms with Gasteiger partial charge in [0.05, 0.1) is 24.4 Å². The van der Waals surface area contributed by atoms with Gasteiger partial charge in [0.25, 0.3) is 0 Å². The molecule has 3 aromatic rings. The lowest BCUT2D eigenvalue weighted by atomic mass is 9.85. The zero-order chi connectivity index (χ0) is 27.2. The van der Waals surface area contributed by atoms with Gasteiger partial charge in [-0.25, -0.2) is 9.18 Å². The molecule has 1 amide bonds. The van der Waals surface area contributed by atoms with Crippen LogP contribution in [-0.2, 0) is 28.8 Å². The molecule has 0 radical (unpaired) electrons. The van der Waals surface area contributed by atoms with Crippen LogP contribution in [0.1, 0.15) is 42.3 Å². The number of fused-ring (bicyclic) bond motifs is 2. The van der Waals surface area contributed by atoms with Crippen LogP contribution in [0.25, 0.3) is 10.9 Å². The van der Waals surface area contributed by atoms with Gasteiger partial charge < -0.3 is 19.1 Å². The number of pyridine rings is 1. The lowest BCUT2D eigenvalue weighted by molar-refractivity contribution is -0.148. The first-order valence-electron chi connectivity index (χ1n) is 12.4. The summed E-state index contributed by atoms with van der Waals surface area (Å²) in [5.41, 5.74) is 1.25. The first kappa shape index (κ1) is 25.9. The molecule has 1 fully saturated rings. The number of alkyl halides is 3. The molecule has 0 N–H and O–H groups in total. The van der Waals surface area contributed by atoms with Crippen LogP contribution < -0.4 is 4.90 Å². The van der Waals surface area contributed by atoms with Crippen molar-refractivity contribution >= 4 is 28.5 Å². The summed E-state index contributed by atoms with van der Waals surface area (Å²) < 4.78 is 59.9. The highest BCUT2D eigenvalue weighted by atomic mass is 19.4. The predicted octanol–water partition coefficient (Wildman–Crippen LogP) is 3.67. The van der Waals surface area contributed by atoms with Crippen LogP contribution in [0, 0.1) is 17.7 Å². The number of carbonyl (C=O) groups excluding carboxylic acids is 2. The fourth-order valence-corrected chi connectivity index (χ4v) is 5.36. The van der Waals surface area contributed by atoms with Crippen molar-refractivity contribution in [1.29, 1.82) is 0 Å². The fourth-order valence-electron chi connectivity index (χ4n) is 5.36. The van der Waals surface area contributed by atoms with E-state index in [1.165, 1.54) is 23.2 Å². The van der Waals surface area contributed by atoms with Crippen molar-refractivity contribution in [1.82, 2.24) is 24.6 Å². The van der Waals surface area contributed by atoms with E-state index in [9.17, 15) is 27.2 Å². The van der Waals surface area contributed by atoms with Crippen molar-refractivity contribution in [3.05, 3.63) is 47.4 Å². The van der Waals surface area contributed by atoms with E-state index >= 15 is 0 Å². The molecule has 1 saturated heterocycles. The second-order valence-corrected chi connectivity index (χ2v) is 9.57. The minimum Gasteiger partial charge on any atom is -0.462 e. The number of esters is 1. The summed E-state index contributed by atoms with van der Waals surface area (Å²) in [5.74, 6) is -2.68. The molecule has 0 unspecified atom stereocenters. The lowest BCUT2D eigenvalue weighted by Crippen LogP contribution is -2.49. The highest BCUT2D eigenvalue weighted by Crippen LogP contribution is 2.36. The number of hydrogen-bond donors (Lipinski definition) is 0. The van der Waals surface area contributed by atoms with Crippen molar-refractivity contribution in [3.8, 4) is 0 Å². The van der Waals surface area contributed by atoms with Gasteiger partial charge >= 0.3 is 12.1 Å². The van der Waals surface area contributed by atoms with Crippen molar-refractivity contribution < 1.29 is 31.9 Å². The van der Waals surface area contributed by atoms with Crippen molar-refractivity contribution in [3.63, 3.8) is 0 Å². The molecule has 5 rings (SSSR count). The highest BCUT2D eigenvalue weighted by molar-refractivity contribution is 6.05. The standard InChI is InChI=1S/C25H26F4N6O3/c1-3-38-23(37)18-11-30-19-5-4-15(26)10-17(19)21(18)33-7-6-16(14(2)12-33)22(36)34-8-9-35-20(13-34)31-32-24(35)25(27,28)29/h4-5,10-11,14,16H,3,6-9,12-13H2,1-2H3/t14-,16+/m1/s1. The summed E-state index contributed by atoms with van der Waals surface area (Å²) in [4.78, 5) is 33.9. The molecule has 13 heteroatoms. The monoisotopic (exact) mass is 534 g/mol. The smallest absolute Gasteiger partial charge is 0.451 e. The molecule has 202 valence electrons. The topological polar surface area (TPSA) is 93.5 Å². The Kier molecular flexibility index (Phi) is 6.70. The minimum atomic E-state index is -4.61. The number of nitrogens with zero attached hydrogens (tertiary/aromatic N) is 6. The Morgan fingerprint density at radius 1 is 1.16 bits per heavy atom. The van der Waals surface area contributed by atoms with E-state index in [1.807, 2.05) is 11.8 Å². The summed E-state index contributed by atoms with van der Waals surface area (Å²) in [7, 11) is 0. The van der Waals surface area contributed by atoms with Gasteiger partial charge in [-0.2, -0.15) is 13.2 Å². The van der Waals surface area contributed by atoms with E-state index < -0.39 is 23.8 Å². The summed E-state index contributed by atoms with van der Waals surface area (Å²) in [5, 5.41) is 7.41. The number of piperidine rings is 1. The number of anilines is 1. The van der Waals surface area contributed by atoms with Gasteiger partial charge in [-0.15, -0.1) is 10.2 Å². The molecule has 4 heterocycles. The number of hydrogen-bond acceptors (Lipinski definition) is 7. The normalized spacial score (nSPS) is 19.9. The van der Waals surface area contributed by atoms with Crippen LogP contribution in [0.4, 0.5) is 23.2 Å². The molecule has 0 saturated carbocycles. The van der Waals surface area contributed by atoms with Gasteiger partial charge in [-0.05, 0) is 37.5 Å². The third kappa shape index (κ3) is 4.65. The fraction of sp³-hybridized carbons (Fsp3) is 0.480. The van der Waals surface area contributed by atoms with Crippen molar-refractivity contribution in [2.24, 2.45) is 11.8 Å². The third-order valence-electron chi connectivity index (χ3n) is 7.15. The number of halogens is 4. The Balaban J connectivity index is 1.37. The van der Waals surface area contributed by atoms with E-state index in [-0.39, 0.29) is 55.4 Å². The maximum Gasteiger partial charge on any atom is 0.451 e. The highest BCUT2D eigenvalue weighted by Gasteiger charge is 2.41. The SMILES string of the molecule is CCOC(=O)c1cnc2ccc(F)cc2c1N1CC[C@H](C(=O)N2CCn3c(nnc3C(F)(F)F)C2)[C@H](C)C1. The van der Waals surface area contributed by atoms with Crippen molar-refractivity contribution in [2.45, 2.75) is 39.5 Å². The summed E-state index contributed by atoms with van der Waals surface area (Å²) in [6.07, 6.45) is -2.74. The zero-order valence-electron chi connectivity index (χ0n) is 20.8. The van der Waals surface area contributed by atoms with Gasteiger partial charge in [-0.1, -0.05) is 6.92 Å². The molecule has 0 aliphatic carbocycles. The minimum absolute atomic E-state index is 0.0341. The van der Waals surface area contributed by atoms with Gasteiger partial charge in [0.15, 0.2) is 5.82 Å². The van der Waals surface area contributed by atoms with Crippen LogP contribution in [0.15, 0.2) is 24.4 Å². The molecule has 0 bridgehead atoms. The van der Waals surface area contributed by atoms with Crippen LogP contribution in [0.3, 0.4) is 0 Å². The largest absolute Gasteiger partial charge is 0.462 e. The van der Waals surface area contributed by atoms with Gasteiger partial charge in [-0.3, -0.25) is 9.78 Å². The Morgan fingerprint density at radius 3 is 2.66 bits per heavy atom. The van der Waals surface area contributed by atoms with E-state index in [4.69, 9.17) is 4.74 Å². The zero-order valence-corrected chi connectivity index (χ0v) is 20.8. The average Bonchev–Trinajstić information content (AvgIpc) is 3.31. The van der Waals surface area contributed by atoms with Gasteiger partial charge in [0, 0.05) is 43.7 Å². The summed E-state index contributed by atoms with van der Waals surface area (Å²) in [6, 6.07) is 4.18. The molecule has 0 spiro atoms. The molecule has 38 heavy (non-hydrogen) atoms. The van der Waals surface area contributed by atoms with Gasteiger partial charge in [0.2, 0.25) is 11.7 Å². The molecule has 2 atom stereocenters. The van der Waals surface area contributed by atoms with Gasteiger partial charge in [0.1, 0.15) is 11.4 Å².